The van der Waals surface area contributed by atoms with Gasteiger partial charge in [-0.3, -0.25) is 9.97 Å². The van der Waals surface area contributed by atoms with Gasteiger partial charge < -0.3 is 0 Å². The topological polar surface area (TPSA) is 64.5 Å². The standard InChI is InChI=1S/C49H33N5Si/c1-6-17-34(18-7-1)41-29-31-50-43-44-46(42(30-32-51-44)35-19-8-2-9-20-35)55(45(41)43,39-26-14-5-15-27-39)40-28-16-25-38(33-40)49-53-47(36-21-10-3-11-22-36)52-48(54-49)37-23-12-4-13-24-37/h1-33H. The van der Waals surface area contributed by atoms with Gasteiger partial charge in [-0.25, -0.2) is 15.0 Å². The fourth-order valence-electron chi connectivity index (χ4n) is 8.14. The van der Waals surface area contributed by atoms with Gasteiger partial charge in [0.25, 0.3) is 0 Å². The van der Waals surface area contributed by atoms with E-state index in [1.165, 1.54) is 31.9 Å². The second-order valence-corrected chi connectivity index (χ2v) is 17.3. The summed E-state index contributed by atoms with van der Waals surface area (Å²) < 4.78 is 0. The molecule has 0 saturated carbocycles. The van der Waals surface area contributed by atoms with E-state index in [-0.39, 0.29) is 0 Å². The average Bonchev–Trinajstić information content (AvgIpc) is 3.59. The molecule has 0 saturated heterocycles. The van der Waals surface area contributed by atoms with Gasteiger partial charge in [-0.05, 0) is 55.1 Å². The minimum Gasteiger partial charge on any atom is -0.255 e. The molecular formula is C49H33N5Si. The zero-order chi connectivity index (χ0) is 36.6. The fourth-order valence-corrected chi connectivity index (χ4v) is 13.6. The first kappa shape index (κ1) is 32.5. The highest BCUT2D eigenvalue weighted by Gasteiger charge is 2.53. The molecule has 0 unspecified atom stereocenters. The first-order chi connectivity index (χ1) is 27.3. The molecule has 3 aromatic heterocycles. The minimum absolute atomic E-state index is 0.620. The monoisotopic (exact) mass is 719 g/mol. The van der Waals surface area contributed by atoms with Crippen LogP contribution in [0.1, 0.15) is 0 Å². The summed E-state index contributed by atoms with van der Waals surface area (Å²) in [6.07, 6.45) is 3.88. The maximum absolute atomic E-state index is 5.18. The average molecular weight is 720 g/mol. The van der Waals surface area contributed by atoms with Crippen LogP contribution in [0.3, 0.4) is 0 Å². The molecule has 5 nitrogen and oxygen atoms in total. The molecule has 0 bridgehead atoms. The molecule has 6 heteroatoms. The van der Waals surface area contributed by atoms with E-state index >= 15 is 0 Å². The van der Waals surface area contributed by atoms with Crippen molar-refractivity contribution in [3.05, 3.63) is 200 Å². The Hall–Kier alpha value is -7.15. The predicted octanol–water partition coefficient (Wildman–Crippen LogP) is 8.35. The Morgan fingerprint density at radius 1 is 0.309 bits per heavy atom. The van der Waals surface area contributed by atoms with Crippen LogP contribution >= 0.6 is 0 Å². The molecule has 258 valence electrons. The number of rotatable bonds is 7. The van der Waals surface area contributed by atoms with E-state index in [0.717, 1.165) is 39.2 Å². The van der Waals surface area contributed by atoms with Crippen LogP contribution in [0.25, 0.3) is 67.8 Å². The van der Waals surface area contributed by atoms with E-state index in [4.69, 9.17) is 24.9 Å². The first-order valence-electron chi connectivity index (χ1n) is 18.4. The van der Waals surface area contributed by atoms with Crippen molar-refractivity contribution in [3.63, 3.8) is 0 Å². The molecule has 1 aliphatic rings. The molecule has 10 rings (SSSR count). The summed E-state index contributed by atoms with van der Waals surface area (Å²) in [5, 5.41) is 4.93. The number of pyridine rings is 2. The Morgan fingerprint density at radius 2 is 0.673 bits per heavy atom. The van der Waals surface area contributed by atoms with Gasteiger partial charge >= 0.3 is 0 Å². The maximum atomic E-state index is 5.18. The highest BCUT2D eigenvalue weighted by molar-refractivity contribution is 7.23. The zero-order valence-electron chi connectivity index (χ0n) is 29.8. The minimum atomic E-state index is -3.20. The SMILES string of the molecule is c1ccc(-c2nc(-c3ccccc3)nc(-c3cccc([Si]4(c5ccccc5)c5c(-c6ccccc6)ccnc5-c5nccc(-c6ccccc6)c54)c3)n2)cc1. The van der Waals surface area contributed by atoms with Crippen LogP contribution in [0.5, 0.6) is 0 Å². The van der Waals surface area contributed by atoms with Gasteiger partial charge in [0.2, 0.25) is 0 Å². The molecule has 0 atom stereocenters. The van der Waals surface area contributed by atoms with Crippen molar-refractivity contribution in [2.45, 2.75) is 0 Å². The summed E-state index contributed by atoms with van der Waals surface area (Å²) >= 11 is 0. The lowest BCUT2D eigenvalue weighted by atomic mass is 10.0. The lowest BCUT2D eigenvalue weighted by molar-refractivity contribution is 1.07. The highest BCUT2D eigenvalue weighted by Crippen LogP contribution is 2.35. The van der Waals surface area contributed by atoms with Gasteiger partial charge in [0.1, 0.15) is 0 Å². The van der Waals surface area contributed by atoms with Crippen LogP contribution < -0.4 is 20.7 Å². The number of aromatic nitrogens is 5. The van der Waals surface area contributed by atoms with Crippen LogP contribution in [0.15, 0.2) is 200 Å². The van der Waals surface area contributed by atoms with Crippen molar-refractivity contribution in [3.8, 4) is 67.8 Å². The first-order valence-corrected chi connectivity index (χ1v) is 20.4. The smallest absolute Gasteiger partial charge is 0.186 e. The largest absolute Gasteiger partial charge is 0.255 e. The van der Waals surface area contributed by atoms with E-state index < -0.39 is 8.07 Å². The second kappa shape index (κ2) is 13.7. The van der Waals surface area contributed by atoms with Gasteiger partial charge in [0.15, 0.2) is 25.5 Å². The summed E-state index contributed by atoms with van der Waals surface area (Å²) in [4.78, 5) is 25.6. The number of nitrogens with zero attached hydrogens (tertiary/aromatic N) is 5. The van der Waals surface area contributed by atoms with Crippen LogP contribution in [0.4, 0.5) is 0 Å². The lowest BCUT2D eigenvalue weighted by Crippen LogP contribution is -2.73. The molecule has 1 aliphatic heterocycles. The van der Waals surface area contributed by atoms with Gasteiger partial charge in [0, 0.05) is 29.1 Å². The second-order valence-electron chi connectivity index (χ2n) is 13.6. The molecule has 55 heavy (non-hydrogen) atoms. The van der Waals surface area contributed by atoms with E-state index in [2.05, 4.69) is 127 Å². The summed E-state index contributed by atoms with van der Waals surface area (Å²) in [5.41, 5.74) is 9.30. The lowest BCUT2D eigenvalue weighted by Gasteiger charge is -2.34. The number of fused-ring (bicyclic) bond motifs is 3. The molecule has 0 amide bonds. The van der Waals surface area contributed by atoms with Crippen LogP contribution in [0.2, 0.25) is 0 Å². The summed E-state index contributed by atoms with van der Waals surface area (Å²) in [6, 6.07) is 65.9. The van der Waals surface area contributed by atoms with Crippen molar-refractivity contribution in [2.75, 3.05) is 0 Å². The molecule has 9 aromatic rings. The Bertz CT molecular complexity index is 2650. The Balaban J connectivity index is 1.30. The van der Waals surface area contributed by atoms with Crippen LogP contribution in [-0.4, -0.2) is 33.0 Å². The van der Waals surface area contributed by atoms with Crippen LogP contribution in [-0.2, 0) is 0 Å². The normalized spacial score (nSPS) is 12.5. The molecule has 0 aliphatic carbocycles. The van der Waals surface area contributed by atoms with Crippen molar-refractivity contribution < 1.29 is 0 Å². The third-order valence-corrected chi connectivity index (χ3v) is 15.4. The molecule has 0 radical (unpaired) electrons. The number of hydrogen-bond donors (Lipinski definition) is 0. The zero-order valence-corrected chi connectivity index (χ0v) is 30.8. The van der Waals surface area contributed by atoms with Crippen molar-refractivity contribution in [1.82, 2.24) is 24.9 Å². The summed E-state index contributed by atoms with van der Waals surface area (Å²) in [7, 11) is -3.20. The van der Waals surface area contributed by atoms with Crippen molar-refractivity contribution >= 4 is 28.8 Å². The summed E-state index contributed by atoms with van der Waals surface area (Å²) in [5.74, 6) is 1.88. The van der Waals surface area contributed by atoms with E-state index in [1.807, 2.05) is 73.1 Å². The highest BCUT2D eigenvalue weighted by atomic mass is 28.3. The third kappa shape index (κ3) is 5.50. The molecule has 6 aromatic carbocycles. The molecule has 0 spiro atoms. The van der Waals surface area contributed by atoms with E-state index in [0.29, 0.717) is 17.5 Å². The van der Waals surface area contributed by atoms with Gasteiger partial charge in [0.05, 0.1) is 11.4 Å². The van der Waals surface area contributed by atoms with Gasteiger partial charge in [-0.1, -0.05) is 176 Å². The van der Waals surface area contributed by atoms with Crippen molar-refractivity contribution in [2.24, 2.45) is 0 Å². The third-order valence-electron chi connectivity index (χ3n) is 10.5. The Labute approximate surface area is 320 Å². The van der Waals surface area contributed by atoms with Crippen LogP contribution in [0, 0.1) is 0 Å². The van der Waals surface area contributed by atoms with Gasteiger partial charge in [-0.15, -0.1) is 0 Å². The Morgan fingerprint density at radius 3 is 1.13 bits per heavy atom. The predicted molar refractivity (Wildman–Crippen MR) is 225 cm³/mol. The summed E-state index contributed by atoms with van der Waals surface area (Å²) in [6.45, 7) is 0. The Kier molecular flexibility index (Phi) is 8.08. The number of benzene rings is 6. The molecule has 0 fully saturated rings. The number of hydrogen-bond acceptors (Lipinski definition) is 5. The van der Waals surface area contributed by atoms with E-state index in [1.54, 1.807) is 0 Å². The maximum Gasteiger partial charge on any atom is 0.186 e. The van der Waals surface area contributed by atoms with Crippen molar-refractivity contribution in [1.29, 1.82) is 0 Å². The quantitative estimate of drug-likeness (QED) is 0.155. The molecule has 4 heterocycles. The molecular weight excluding hydrogens is 687 g/mol. The van der Waals surface area contributed by atoms with E-state index in [9.17, 15) is 0 Å². The fraction of sp³-hybridized carbons (Fsp3) is 0. The molecule has 0 N–H and O–H groups in total. The van der Waals surface area contributed by atoms with Gasteiger partial charge in [-0.2, -0.15) is 0 Å².